The number of hydrogen-bond acceptors (Lipinski definition) is 4. The van der Waals surface area contributed by atoms with Crippen molar-refractivity contribution in [2.24, 2.45) is 0 Å². The minimum atomic E-state index is -2.96. The molecule has 3 rings (SSSR count). The Morgan fingerprint density at radius 1 is 1.10 bits per heavy atom. The van der Waals surface area contributed by atoms with Crippen LogP contribution in [-0.4, -0.2) is 12.4 Å². The van der Waals surface area contributed by atoms with Crippen molar-refractivity contribution in [1.29, 1.82) is 0 Å². The zero-order chi connectivity index (χ0) is 20.8. The number of carbonyl (C=O) groups is 1. The van der Waals surface area contributed by atoms with Gasteiger partial charge in [0.25, 0.3) is 0 Å². The van der Waals surface area contributed by atoms with Gasteiger partial charge in [-0.05, 0) is 48.6 Å². The topological polar surface area (TPSA) is 48.7 Å². The van der Waals surface area contributed by atoms with Gasteiger partial charge in [0.2, 0.25) is 0 Å². The molecule has 0 unspecified atom stereocenters. The minimum Gasteiger partial charge on any atom is -0.484 e. The first kappa shape index (κ1) is 20.9. The van der Waals surface area contributed by atoms with Crippen LogP contribution >= 0.6 is 23.2 Å². The van der Waals surface area contributed by atoms with Crippen LogP contribution in [0.4, 0.5) is 8.78 Å². The fraction of sp³-hybridized carbons (Fsp3) is 0.0952. The smallest absolute Gasteiger partial charge is 0.387 e. The van der Waals surface area contributed by atoms with E-state index in [-0.39, 0.29) is 23.7 Å². The second-order valence-corrected chi connectivity index (χ2v) is 6.53. The van der Waals surface area contributed by atoms with Crippen molar-refractivity contribution in [2.45, 2.75) is 13.2 Å². The van der Waals surface area contributed by atoms with Gasteiger partial charge in [-0.25, -0.2) is 0 Å². The average Bonchev–Trinajstić information content (AvgIpc) is 3.15. The van der Waals surface area contributed by atoms with Crippen LogP contribution in [0.5, 0.6) is 11.5 Å². The summed E-state index contributed by atoms with van der Waals surface area (Å²) in [4.78, 5) is 12.2. The number of rotatable bonds is 8. The molecule has 0 spiro atoms. The minimum absolute atomic E-state index is 0.0867. The second-order valence-electron chi connectivity index (χ2n) is 5.75. The zero-order valence-corrected chi connectivity index (χ0v) is 16.3. The number of ketones is 1. The summed E-state index contributed by atoms with van der Waals surface area (Å²) in [7, 11) is 0. The maximum Gasteiger partial charge on any atom is 0.387 e. The molecule has 8 heteroatoms. The first-order chi connectivity index (χ1) is 13.9. The fourth-order valence-corrected chi connectivity index (χ4v) is 2.73. The molecule has 0 saturated heterocycles. The number of allylic oxidation sites excluding steroid dienone is 1. The molecule has 2 aromatic carbocycles. The molecule has 0 aliphatic carbocycles. The Kier molecular flexibility index (Phi) is 6.90. The van der Waals surface area contributed by atoms with Crippen molar-refractivity contribution >= 4 is 35.1 Å². The van der Waals surface area contributed by atoms with Gasteiger partial charge in [0.05, 0.1) is 5.02 Å². The molecule has 0 aliphatic rings. The van der Waals surface area contributed by atoms with Crippen LogP contribution in [0.3, 0.4) is 0 Å². The Hall–Kier alpha value is -2.83. The molecule has 1 aromatic heterocycles. The van der Waals surface area contributed by atoms with Gasteiger partial charge >= 0.3 is 6.61 Å². The monoisotopic (exact) mass is 438 g/mol. The average molecular weight is 439 g/mol. The van der Waals surface area contributed by atoms with Crippen molar-refractivity contribution in [3.05, 3.63) is 87.8 Å². The lowest BCUT2D eigenvalue weighted by Crippen LogP contribution is -2.03. The Balaban J connectivity index is 1.61. The SMILES string of the molecule is O=C(/C=C/c1ccc(COc2cccc(Cl)c2Cl)o1)c1cccc(OC(F)F)c1. The van der Waals surface area contributed by atoms with Gasteiger partial charge in [0.1, 0.15) is 34.6 Å². The predicted octanol–water partition coefficient (Wildman–Crippen LogP) is 6.66. The van der Waals surface area contributed by atoms with E-state index in [1.165, 1.54) is 36.4 Å². The van der Waals surface area contributed by atoms with Crippen molar-refractivity contribution in [3.63, 3.8) is 0 Å². The molecule has 3 aromatic rings. The molecule has 1 heterocycles. The number of alkyl halides is 2. The van der Waals surface area contributed by atoms with Crippen molar-refractivity contribution in [3.8, 4) is 11.5 Å². The molecule has 0 amide bonds. The molecular weight excluding hydrogens is 425 g/mol. The van der Waals surface area contributed by atoms with E-state index in [1.54, 1.807) is 30.3 Å². The van der Waals surface area contributed by atoms with Gasteiger partial charge in [-0.2, -0.15) is 8.78 Å². The summed E-state index contributed by atoms with van der Waals surface area (Å²) in [5, 5.41) is 0.693. The molecule has 0 radical (unpaired) electrons. The Bertz CT molecular complexity index is 1030. The van der Waals surface area contributed by atoms with Crippen LogP contribution in [0.1, 0.15) is 21.9 Å². The van der Waals surface area contributed by atoms with Gasteiger partial charge in [0.15, 0.2) is 5.78 Å². The number of ether oxygens (including phenoxy) is 2. The van der Waals surface area contributed by atoms with Gasteiger partial charge in [-0.15, -0.1) is 0 Å². The van der Waals surface area contributed by atoms with E-state index in [9.17, 15) is 13.6 Å². The summed E-state index contributed by atoms with van der Waals surface area (Å²) < 4.78 is 40.0. The van der Waals surface area contributed by atoms with Crippen LogP contribution in [0.25, 0.3) is 6.08 Å². The molecule has 0 saturated carbocycles. The first-order valence-corrected chi connectivity index (χ1v) is 9.11. The molecule has 0 fully saturated rings. The van der Waals surface area contributed by atoms with Gasteiger partial charge in [-0.1, -0.05) is 41.4 Å². The quantitative estimate of drug-likeness (QED) is 0.291. The van der Waals surface area contributed by atoms with Crippen molar-refractivity contribution in [2.75, 3.05) is 0 Å². The van der Waals surface area contributed by atoms with E-state index in [1.807, 2.05) is 0 Å². The highest BCUT2D eigenvalue weighted by atomic mass is 35.5. The Morgan fingerprint density at radius 3 is 2.69 bits per heavy atom. The molecule has 29 heavy (non-hydrogen) atoms. The van der Waals surface area contributed by atoms with Crippen LogP contribution in [-0.2, 0) is 6.61 Å². The van der Waals surface area contributed by atoms with Crippen LogP contribution in [0, 0.1) is 0 Å². The summed E-state index contributed by atoms with van der Waals surface area (Å²) in [5.74, 6) is 0.893. The maximum absolute atomic E-state index is 12.3. The second kappa shape index (κ2) is 9.58. The van der Waals surface area contributed by atoms with Gasteiger partial charge in [-0.3, -0.25) is 4.79 Å². The normalized spacial score (nSPS) is 11.2. The van der Waals surface area contributed by atoms with Crippen molar-refractivity contribution in [1.82, 2.24) is 0 Å². The molecular formula is C21H14Cl2F2O4. The van der Waals surface area contributed by atoms with E-state index in [0.29, 0.717) is 27.3 Å². The van der Waals surface area contributed by atoms with E-state index in [4.69, 9.17) is 32.4 Å². The van der Waals surface area contributed by atoms with Gasteiger partial charge in [0, 0.05) is 5.56 Å². The lowest BCUT2D eigenvalue weighted by Gasteiger charge is -2.07. The third-order valence-corrected chi connectivity index (χ3v) is 4.51. The highest BCUT2D eigenvalue weighted by molar-refractivity contribution is 6.42. The highest BCUT2D eigenvalue weighted by Crippen LogP contribution is 2.32. The largest absolute Gasteiger partial charge is 0.484 e. The molecule has 150 valence electrons. The third-order valence-electron chi connectivity index (χ3n) is 3.71. The molecule has 4 nitrogen and oxygen atoms in total. The lowest BCUT2D eigenvalue weighted by molar-refractivity contribution is -0.0498. The lowest BCUT2D eigenvalue weighted by atomic mass is 10.1. The van der Waals surface area contributed by atoms with Crippen LogP contribution in [0.2, 0.25) is 10.0 Å². The van der Waals surface area contributed by atoms with Gasteiger partial charge < -0.3 is 13.9 Å². The molecule has 0 atom stereocenters. The molecule has 0 bridgehead atoms. The summed E-state index contributed by atoms with van der Waals surface area (Å²) in [6.07, 6.45) is 2.75. The number of furan rings is 1. The van der Waals surface area contributed by atoms with E-state index in [2.05, 4.69) is 4.74 Å². The Morgan fingerprint density at radius 2 is 1.90 bits per heavy atom. The number of hydrogen-bond donors (Lipinski definition) is 0. The standard InChI is InChI=1S/C21H14Cl2F2O4/c22-17-5-2-6-19(20(17)23)27-12-16-8-7-14(28-16)9-10-18(26)13-3-1-4-15(11-13)29-21(24)25/h1-11,21H,12H2/b10-9+. The van der Waals surface area contributed by atoms with E-state index < -0.39 is 6.61 Å². The zero-order valence-electron chi connectivity index (χ0n) is 14.8. The molecule has 0 N–H and O–H groups in total. The van der Waals surface area contributed by atoms with Crippen LogP contribution < -0.4 is 9.47 Å². The number of benzene rings is 2. The fourth-order valence-electron chi connectivity index (χ4n) is 2.39. The maximum atomic E-state index is 12.3. The third kappa shape index (κ3) is 5.82. The summed E-state index contributed by atoms with van der Waals surface area (Å²) in [6, 6.07) is 14.0. The van der Waals surface area contributed by atoms with E-state index >= 15 is 0 Å². The van der Waals surface area contributed by atoms with Crippen LogP contribution in [0.15, 0.2) is 65.1 Å². The summed E-state index contributed by atoms with van der Waals surface area (Å²) in [6.45, 7) is -2.84. The summed E-state index contributed by atoms with van der Waals surface area (Å²) in [5.41, 5.74) is 0.213. The number of halogens is 4. The number of carbonyl (C=O) groups excluding carboxylic acids is 1. The van der Waals surface area contributed by atoms with E-state index in [0.717, 1.165) is 0 Å². The molecule has 0 aliphatic heterocycles. The summed E-state index contributed by atoms with van der Waals surface area (Å²) >= 11 is 12.0. The first-order valence-electron chi connectivity index (χ1n) is 8.35. The Labute approximate surface area is 175 Å². The predicted molar refractivity (Wildman–Crippen MR) is 106 cm³/mol. The highest BCUT2D eigenvalue weighted by Gasteiger charge is 2.09. The van der Waals surface area contributed by atoms with Crippen molar-refractivity contribution < 1.29 is 27.5 Å².